The second-order valence-corrected chi connectivity index (χ2v) is 4.31. The maximum Gasteiger partial charge on any atom is 0.305 e. The monoisotopic (exact) mass is 254 g/mol. The molecule has 0 atom stereocenters. The fourth-order valence-corrected chi connectivity index (χ4v) is 1.72. The Balaban J connectivity index is 2.19. The van der Waals surface area contributed by atoms with Crippen molar-refractivity contribution < 1.29 is 14.3 Å². The molecule has 0 aliphatic carbocycles. The molecule has 0 aliphatic heterocycles. The lowest BCUT2D eigenvalue weighted by Gasteiger charge is -2.06. The summed E-state index contributed by atoms with van der Waals surface area (Å²) in [5.74, 6) is 0.681. The van der Waals surface area contributed by atoms with Crippen molar-refractivity contribution in [2.75, 3.05) is 19.5 Å². The summed E-state index contributed by atoms with van der Waals surface area (Å²) in [7, 11) is 0. The number of esters is 1. The minimum Gasteiger partial charge on any atom is -0.494 e. The molecule has 0 bridgehead atoms. The van der Waals surface area contributed by atoms with E-state index in [2.05, 4.69) is 0 Å². The normalized spacial score (nSPS) is 10.0. The Morgan fingerprint density at radius 3 is 2.59 bits per heavy atom. The van der Waals surface area contributed by atoms with Gasteiger partial charge in [0, 0.05) is 11.3 Å². The summed E-state index contributed by atoms with van der Waals surface area (Å²) in [6.45, 7) is 2.79. The number of ether oxygens (including phenoxy) is 2. The van der Waals surface area contributed by atoms with Gasteiger partial charge in [-0.05, 0) is 43.9 Å². The molecule has 0 spiro atoms. The van der Waals surface area contributed by atoms with Crippen LogP contribution in [0.5, 0.6) is 5.75 Å². The van der Waals surface area contributed by atoms with Crippen LogP contribution >= 0.6 is 11.8 Å². The third-order valence-corrected chi connectivity index (χ3v) is 2.90. The summed E-state index contributed by atoms with van der Waals surface area (Å²) in [6.07, 6.45) is 3.13. The van der Waals surface area contributed by atoms with Crippen molar-refractivity contribution in [3.8, 4) is 5.75 Å². The average Bonchev–Trinajstić information content (AvgIpc) is 2.36. The molecule has 4 heteroatoms. The molecule has 0 saturated carbocycles. The van der Waals surface area contributed by atoms with Gasteiger partial charge in [-0.15, -0.1) is 11.8 Å². The van der Waals surface area contributed by atoms with E-state index in [1.807, 2.05) is 37.4 Å². The Bertz CT molecular complexity index is 335. The molecule has 0 amide bonds. The first-order valence-corrected chi connectivity index (χ1v) is 6.91. The van der Waals surface area contributed by atoms with Gasteiger partial charge in [-0.2, -0.15) is 0 Å². The summed E-state index contributed by atoms with van der Waals surface area (Å²) in [5, 5.41) is 0. The summed E-state index contributed by atoms with van der Waals surface area (Å²) in [6, 6.07) is 7.92. The second kappa shape index (κ2) is 8.01. The lowest BCUT2D eigenvalue weighted by molar-refractivity contribution is -0.143. The zero-order valence-electron chi connectivity index (χ0n) is 10.3. The van der Waals surface area contributed by atoms with Gasteiger partial charge in [0.15, 0.2) is 0 Å². The van der Waals surface area contributed by atoms with Crippen LogP contribution in [0.15, 0.2) is 29.2 Å². The SMILES string of the molecule is CCOC(=O)CCCOc1ccc(SC)cc1. The molecule has 0 fully saturated rings. The molecule has 94 valence electrons. The number of hydrogen-bond donors (Lipinski definition) is 0. The van der Waals surface area contributed by atoms with Crippen LogP contribution in [0.2, 0.25) is 0 Å². The minimum atomic E-state index is -0.158. The Hall–Kier alpha value is -1.16. The molecule has 17 heavy (non-hydrogen) atoms. The standard InChI is InChI=1S/C13H18O3S/c1-3-15-13(14)5-4-10-16-11-6-8-12(17-2)9-7-11/h6-9H,3-5,10H2,1-2H3. The first kappa shape index (κ1) is 13.9. The predicted molar refractivity (Wildman–Crippen MR) is 69.6 cm³/mol. The number of hydrogen-bond acceptors (Lipinski definition) is 4. The van der Waals surface area contributed by atoms with Crippen LogP contribution in [0, 0.1) is 0 Å². The van der Waals surface area contributed by atoms with Crippen LogP contribution < -0.4 is 4.74 Å². The molecule has 0 radical (unpaired) electrons. The third-order valence-electron chi connectivity index (χ3n) is 2.16. The molecule has 3 nitrogen and oxygen atoms in total. The van der Waals surface area contributed by atoms with Gasteiger partial charge in [0.2, 0.25) is 0 Å². The quantitative estimate of drug-likeness (QED) is 0.425. The van der Waals surface area contributed by atoms with Crippen LogP contribution in [0.3, 0.4) is 0 Å². The van der Waals surface area contributed by atoms with Crippen LogP contribution in [0.25, 0.3) is 0 Å². The zero-order valence-corrected chi connectivity index (χ0v) is 11.1. The van der Waals surface area contributed by atoms with Crippen molar-refractivity contribution in [2.45, 2.75) is 24.7 Å². The largest absolute Gasteiger partial charge is 0.494 e. The Morgan fingerprint density at radius 1 is 1.29 bits per heavy atom. The fraction of sp³-hybridized carbons (Fsp3) is 0.462. The zero-order chi connectivity index (χ0) is 12.5. The highest BCUT2D eigenvalue weighted by molar-refractivity contribution is 7.98. The van der Waals surface area contributed by atoms with Gasteiger partial charge in [0.25, 0.3) is 0 Å². The summed E-state index contributed by atoms with van der Waals surface area (Å²) in [5.41, 5.74) is 0. The molecule has 0 aliphatic rings. The molecule has 1 aromatic carbocycles. The third kappa shape index (κ3) is 5.63. The predicted octanol–water partition coefficient (Wildman–Crippen LogP) is 3.13. The minimum absolute atomic E-state index is 0.158. The Kier molecular flexibility index (Phi) is 6.55. The van der Waals surface area contributed by atoms with E-state index in [0.717, 1.165) is 5.75 Å². The van der Waals surface area contributed by atoms with Gasteiger partial charge in [-0.3, -0.25) is 4.79 Å². The average molecular weight is 254 g/mol. The van der Waals surface area contributed by atoms with Gasteiger partial charge in [0.05, 0.1) is 13.2 Å². The van der Waals surface area contributed by atoms with E-state index >= 15 is 0 Å². The molecule has 0 saturated heterocycles. The number of carbonyl (C=O) groups excluding carboxylic acids is 1. The smallest absolute Gasteiger partial charge is 0.305 e. The van der Waals surface area contributed by atoms with Crippen molar-refractivity contribution in [2.24, 2.45) is 0 Å². The highest BCUT2D eigenvalue weighted by Gasteiger charge is 2.01. The van der Waals surface area contributed by atoms with Gasteiger partial charge < -0.3 is 9.47 Å². The van der Waals surface area contributed by atoms with Crippen molar-refractivity contribution in [3.63, 3.8) is 0 Å². The molecular formula is C13H18O3S. The number of benzene rings is 1. The highest BCUT2D eigenvalue weighted by atomic mass is 32.2. The van der Waals surface area contributed by atoms with Crippen molar-refractivity contribution in [1.82, 2.24) is 0 Å². The number of rotatable bonds is 7. The van der Waals surface area contributed by atoms with E-state index in [-0.39, 0.29) is 5.97 Å². The van der Waals surface area contributed by atoms with Crippen LogP contribution in [-0.4, -0.2) is 25.4 Å². The summed E-state index contributed by atoms with van der Waals surface area (Å²) < 4.78 is 10.3. The molecule has 0 aromatic heterocycles. The van der Waals surface area contributed by atoms with Crippen molar-refractivity contribution >= 4 is 17.7 Å². The Labute approximate surface area is 106 Å². The van der Waals surface area contributed by atoms with E-state index in [0.29, 0.717) is 26.1 Å². The van der Waals surface area contributed by atoms with Crippen LogP contribution in [0.4, 0.5) is 0 Å². The first-order valence-electron chi connectivity index (χ1n) is 5.68. The maximum absolute atomic E-state index is 11.1. The lowest BCUT2D eigenvalue weighted by Crippen LogP contribution is -2.06. The lowest BCUT2D eigenvalue weighted by atomic mass is 10.3. The topological polar surface area (TPSA) is 35.5 Å². The van der Waals surface area contributed by atoms with Crippen molar-refractivity contribution in [1.29, 1.82) is 0 Å². The molecule has 0 unspecified atom stereocenters. The van der Waals surface area contributed by atoms with E-state index in [1.54, 1.807) is 11.8 Å². The van der Waals surface area contributed by atoms with E-state index < -0.39 is 0 Å². The van der Waals surface area contributed by atoms with E-state index in [1.165, 1.54) is 4.90 Å². The molecule has 1 aromatic rings. The molecule has 0 heterocycles. The molecule has 1 rings (SSSR count). The molecular weight excluding hydrogens is 236 g/mol. The molecule has 0 N–H and O–H groups in total. The van der Waals surface area contributed by atoms with Gasteiger partial charge in [-0.25, -0.2) is 0 Å². The van der Waals surface area contributed by atoms with E-state index in [9.17, 15) is 4.79 Å². The summed E-state index contributed by atoms with van der Waals surface area (Å²) in [4.78, 5) is 12.3. The van der Waals surface area contributed by atoms with Gasteiger partial charge >= 0.3 is 5.97 Å². The van der Waals surface area contributed by atoms with Gasteiger partial charge in [-0.1, -0.05) is 0 Å². The number of thioether (sulfide) groups is 1. The van der Waals surface area contributed by atoms with Crippen LogP contribution in [-0.2, 0) is 9.53 Å². The maximum atomic E-state index is 11.1. The second-order valence-electron chi connectivity index (χ2n) is 3.43. The van der Waals surface area contributed by atoms with E-state index in [4.69, 9.17) is 9.47 Å². The highest BCUT2D eigenvalue weighted by Crippen LogP contribution is 2.19. The van der Waals surface area contributed by atoms with Crippen LogP contribution in [0.1, 0.15) is 19.8 Å². The van der Waals surface area contributed by atoms with Crippen molar-refractivity contribution in [3.05, 3.63) is 24.3 Å². The fourth-order valence-electron chi connectivity index (χ4n) is 1.31. The Morgan fingerprint density at radius 2 is 2.00 bits per heavy atom. The summed E-state index contributed by atoms with van der Waals surface area (Å²) >= 11 is 1.70. The van der Waals surface area contributed by atoms with Gasteiger partial charge in [0.1, 0.15) is 5.75 Å². The number of carbonyl (C=O) groups is 1. The first-order chi connectivity index (χ1) is 8.26.